The second-order valence-corrected chi connectivity index (χ2v) is 8.48. The summed E-state index contributed by atoms with van der Waals surface area (Å²) in [4.78, 5) is 8.87. The molecule has 0 saturated heterocycles. The van der Waals surface area contributed by atoms with E-state index in [9.17, 15) is 26.4 Å². The molecule has 1 saturated carbocycles. The van der Waals surface area contributed by atoms with Gasteiger partial charge in [-0.25, -0.2) is 13.2 Å². The summed E-state index contributed by atoms with van der Waals surface area (Å²) < 4.78 is 69.7. The fraction of sp³-hybridized carbons (Fsp3) is 0.556. The van der Waals surface area contributed by atoms with E-state index < -0.39 is 37.8 Å². The van der Waals surface area contributed by atoms with Gasteiger partial charge in [-0.1, -0.05) is 19.1 Å². The van der Waals surface area contributed by atoms with Crippen molar-refractivity contribution in [3.63, 3.8) is 0 Å². The Morgan fingerprint density at radius 3 is 2.52 bits per heavy atom. The summed E-state index contributed by atoms with van der Waals surface area (Å²) in [6.07, 6.45) is -4.04. The number of nitriles is 1. The topological polar surface area (TPSA) is 116 Å². The molecule has 29 heavy (non-hydrogen) atoms. The van der Waals surface area contributed by atoms with E-state index in [1.807, 2.05) is 12.2 Å². The van der Waals surface area contributed by atoms with Crippen LogP contribution in [0, 0.1) is 11.3 Å². The number of halogens is 3. The molecular formula is C18H23F3N2O5S. The third kappa shape index (κ3) is 7.55. The summed E-state index contributed by atoms with van der Waals surface area (Å²) in [5.41, 5.74) is -1.09. The lowest BCUT2D eigenvalue weighted by atomic mass is 10.2. The van der Waals surface area contributed by atoms with Crippen LogP contribution in [0.15, 0.2) is 29.2 Å². The second-order valence-electron chi connectivity index (χ2n) is 6.28. The molecule has 7 nitrogen and oxygen atoms in total. The standard InChI is InChI=1S/C15H19F3O3S.C3H4N2O2/c1-2-9-21-11-7-8-12(10-11)22(19,20)14-6-4-3-5-13(14)15(16,17)18;4-1-2-5-3(6)7/h3-6,11-12H,2,7-10H2,1H3;5H,2H2,(H,6,7)/t11-,12-;/m1./s1. The summed E-state index contributed by atoms with van der Waals surface area (Å²) in [6.45, 7) is 2.34. The molecule has 1 aromatic rings. The molecule has 162 valence electrons. The van der Waals surface area contributed by atoms with Gasteiger partial charge in [0.1, 0.15) is 6.54 Å². The number of nitrogens with zero attached hydrogens (tertiary/aromatic N) is 1. The number of hydrogen-bond acceptors (Lipinski definition) is 5. The van der Waals surface area contributed by atoms with Gasteiger partial charge < -0.3 is 15.2 Å². The Balaban J connectivity index is 0.000000516. The van der Waals surface area contributed by atoms with Gasteiger partial charge in [-0.2, -0.15) is 18.4 Å². The smallest absolute Gasteiger partial charge is 0.417 e. The van der Waals surface area contributed by atoms with E-state index in [0.717, 1.165) is 18.6 Å². The third-order valence-electron chi connectivity index (χ3n) is 4.15. The Morgan fingerprint density at radius 1 is 1.34 bits per heavy atom. The molecule has 0 heterocycles. The van der Waals surface area contributed by atoms with Crippen molar-refractivity contribution >= 4 is 15.9 Å². The Hall–Kier alpha value is -2.32. The molecule has 1 amide bonds. The molecular weight excluding hydrogens is 413 g/mol. The third-order valence-corrected chi connectivity index (χ3v) is 6.43. The summed E-state index contributed by atoms with van der Waals surface area (Å²) in [7, 11) is -4.01. The van der Waals surface area contributed by atoms with E-state index in [1.165, 1.54) is 12.1 Å². The van der Waals surface area contributed by atoms with Crippen LogP contribution in [0.3, 0.4) is 0 Å². The average Bonchev–Trinajstić information content (AvgIpc) is 3.14. The molecule has 1 fully saturated rings. The fourth-order valence-corrected chi connectivity index (χ4v) is 4.89. The van der Waals surface area contributed by atoms with Crippen molar-refractivity contribution in [3.8, 4) is 6.07 Å². The normalized spacial score (nSPS) is 19.0. The van der Waals surface area contributed by atoms with Crippen molar-refractivity contribution in [3.05, 3.63) is 29.8 Å². The molecule has 2 atom stereocenters. The van der Waals surface area contributed by atoms with Crippen molar-refractivity contribution < 1.29 is 36.2 Å². The molecule has 2 rings (SSSR count). The number of ether oxygens (including phenoxy) is 1. The van der Waals surface area contributed by atoms with Gasteiger partial charge in [0.25, 0.3) is 0 Å². The summed E-state index contributed by atoms with van der Waals surface area (Å²) in [6, 6.07) is 5.98. The molecule has 11 heteroatoms. The minimum absolute atomic E-state index is 0.144. The lowest BCUT2D eigenvalue weighted by Crippen LogP contribution is -2.23. The molecule has 0 aromatic heterocycles. The van der Waals surface area contributed by atoms with Crippen LogP contribution in [0.25, 0.3) is 0 Å². The zero-order valence-corrected chi connectivity index (χ0v) is 16.6. The summed E-state index contributed by atoms with van der Waals surface area (Å²) in [5.74, 6) is 0. The highest BCUT2D eigenvalue weighted by Gasteiger charge is 2.41. The van der Waals surface area contributed by atoms with Crippen molar-refractivity contribution in [2.75, 3.05) is 13.2 Å². The van der Waals surface area contributed by atoms with Gasteiger partial charge in [0.05, 0.1) is 27.9 Å². The largest absolute Gasteiger partial charge is 0.465 e. The number of rotatable bonds is 6. The van der Waals surface area contributed by atoms with E-state index in [4.69, 9.17) is 15.1 Å². The first-order valence-electron chi connectivity index (χ1n) is 8.89. The van der Waals surface area contributed by atoms with Crippen LogP contribution in [0.5, 0.6) is 0 Å². The molecule has 0 bridgehead atoms. The Labute approximate surface area is 167 Å². The van der Waals surface area contributed by atoms with Gasteiger partial charge in [-0.05, 0) is 37.8 Å². The maximum absolute atomic E-state index is 13.0. The van der Waals surface area contributed by atoms with Gasteiger partial charge >= 0.3 is 12.3 Å². The molecule has 0 spiro atoms. The monoisotopic (exact) mass is 436 g/mol. The Kier molecular flexibility index (Phi) is 9.39. The average molecular weight is 436 g/mol. The molecule has 0 unspecified atom stereocenters. The molecule has 1 aromatic carbocycles. The van der Waals surface area contributed by atoms with Crippen LogP contribution in [-0.2, 0) is 20.8 Å². The lowest BCUT2D eigenvalue weighted by molar-refractivity contribution is -0.139. The number of carbonyl (C=O) groups is 1. The predicted octanol–water partition coefficient (Wildman–Crippen LogP) is 3.60. The highest BCUT2D eigenvalue weighted by atomic mass is 32.2. The van der Waals surface area contributed by atoms with Crippen molar-refractivity contribution in [2.45, 2.75) is 55.0 Å². The number of carboxylic acid groups (broad SMARTS) is 1. The van der Waals surface area contributed by atoms with E-state index in [1.54, 1.807) is 6.07 Å². The minimum atomic E-state index is -4.68. The molecule has 1 aliphatic carbocycles. The predicted molar refractivity (Wildman–Crippen MR) is 97.9 cm³/mol. The van der Waals surface area contributed by atoms with E-state index in [0.29, 0.717) is 19.4 Å². The van der Waals surface area contributed by atoms with E-state index in [2.05, 4.69) is 0 Å². The molecule has 1 aliphatic rings. The minimum Gasteiger partial charge on any atom is -0.465 e. The number of sulfone groups is 1. The first-order valence-corrected chi connectivity index (χ1v) is 10.4. The molecule has 0 radical (unpaired) electrons. The van der Waals surface area contributed by atoms with Crippen LogP contribution >= 0.6 is 0 Å². The Morgan fingerprint density at radius 2 is 2.00 bits per heavy atom. The molecule has 2 N–H and O–H groups in total. The van der Waals surface area contributed by atoms with Gasteiger partial charge in [0, 0.05) is 6.61 Å². The second kappa shape index (κ2) is 11.0. The quantitative estimate of drug-likeness (QED) is 0.658. The van der Waals surface area contributed by atoms with Gasteiger partial charge in [-0.15, -0.1) is 0 Å². The first kappa shape index (κ1) is 24.7. The highest BCUT2D eigenvalue weighted by Crippen LogP contribution is 2.38. The van der Waals surface area contributed by atoms with Crippen molar-refractivity contribution in [2.24, 2.45) is 0 Å². The lowest BCUT2D eigenvalue weighted by Gasteiger charge is -2.17. The fourth-order valence-electron chi connectivity index (χ4n) is 2.86. The highest BCUT2D eigenvalue weighted by molar-refractivity contribution is 7.92. The van der Waals surface area contributed by atoms with Crippen molar-refractivity contribution in [1.29, 1.82) is 5.26 Å². The van der Waals surface area contributed by atoms with Crippen LogP contribution in [0.4, 0.5) is 18.0 Å². The zero-order valence-electron chi connectivity index (χ0n) is 15.8. The van der Waals surface area contributed by atoms with Crippen LogP contribution in [-0.4, -0.2) is 44.1 Å². The SMILES string of the molecule is CCCO[C@@H]1CC[C@@H](S(=O)(=O)c2ccccc2C(F)(F)F)C1.N#CCNC(=O)O. The van der Waals surface area contributed by atoms with E-state index >= 15 is 0 Å². The number of alkyl halides is 3. The molecule has 0 aliphatic heterocycles. The van der Waals surface area contributed by atoms with E-state index in [-0.39, 0.29) is 19.1 Å². The number of benzene rings is 1. The van der Waals surface area contributed by atoms with Gasteiger partial charge in [0.2, 0.25) is 0 Å². The summed E-state index contributed by atoms with van der Waals surface area (Å²) in [5, 5.41) is 16.6. The zero-order chi connectivity index (χ0) is 22.1. The number of hydrogen-bond donors (Lipinski definition) is 2. The van der Waals surface area contributed by atoms with Crippen LogP contribution < -0.4 is 5.32 Å². The summed E-state index contributed by atoms with van der Waals surface area (Å²) >= 11 is 0. The maximum atomic E-state index is 13.0. The number of nitrogens with one attached hydrogen (secondary N) is 1. The first-order chi connectivity index (χ1) is 13.5. The van der Waals surface area contributed by atoms with Crippen molar-refractivity contribution in [1.82, 2.24) is 5.32 Å². The maximum Gasteiger partial charge on any atom is 0.417 e. The van der Waals surface area contributed by atoms with Crippen LogP contribution in [0.1, 0.15) is 38.2 Å². The Bertz CT molecular complexity index is 822. The number of amides is 1. The van der Waals surface area contributed by atoms with Crippen LogP contribution in [0.2, 0.25) is 0 Å². The van der Waals surface area contributed by atoms with Gasteiger partial charge in [0.15, 0.2) is 9.84 Å². The van der Waals surface area contributed by atoms with Gasteiger partial charge in [-0.3, -0.25) is 0 Å².